The molecule has 120 heavy (non-hydrogen) atoms. The van der Waals surface area contributed by atoms with Gasteiger partial charge in [-0.3, -0.25) is 20.4 Å². The molecule has 34 heteroatoms. The van der Waals surface area contributed by atoms with Gasteiger partial charge in [0.05, 0.1) is 0 Å². The SMILES string of the molecule is C.CCc1nc(N)cc(Oc2cccc(-c3nc(Nc4cccc(C)c4)n[nH]3)c2)n1.CCc1nccc(Oc2cccc(-c3nc(Nc4cccc(C)c4)n[nH]3)c2)n1.Cc1cccc(Nc2n[nH]c(-c3cccc(Oc4ccnc(N5CCCC5)n4)c3)n2)c1.Cc1cccc(Nc2n[nH]c(-c3cccc(Oc4ccnc(OC(F)(F)F)n4)c3)n2)c1. The zero-order chi connectivity index (χ0) is 82.5. The molecule has 1 aliphatic heterocycles. The second-order valence-corrected chi connectivity index (χ2v) is 26.7. The summed E-state index contributed by atoms with van der Waals surface area (Å²) < 4.78 is 64.0. The summed E-state index contributed by atoms with van der Waals surface area (Å²) in [6.07, 6.45) is 3.43. The van der Waals surface area contributed by atoms with E-state index in [9.17, 15) is 13.2 Å². The molecule has 0 amide bonds. The average Bonchev–Trinajstić information content (AvgIpc) is 1.63. The molecule has 0 spiro atoms. The van der Waals surface area contributed by atoms with E-state index in [1.807, 2.05) is 211 Å². The number of hydrogen-bond acceptors (Lipinski definition) is 27. The standard InChI is InChI=1S/C23H23N7O.C21H21N7O.C21H20N6O.C20H15F3N6O2.CH4/c1-16-6-4-8-18(14-16)25-22-27-21(28-29-22)17-7-5-9-19(15-17)31-20-10-11-24-23(26-20)30-12-2-3-13-30;1-3-18-24-17(22)12-19(25-18)29-16-9-5-7-14(11-16)20-26-21(28-27-20)23-15-8-4-6-13(2)10-15;1-3-18-22-11-10-19(24-18)28-17-9-5-7-15(13-17)20-25-21(27-26-20)23-16-8-4-6-14(2)12-16;1-12-4-2-6-14(10-12)25-18-27-17(28-29-18)13-5-3-7-15(11-13)30-16-8-9-24-19(26-16)31-20(21,22)23;/h4-11,14-15H,2-3,12-13H2,1H3,(H2,25,27,28,29);4-12H,3H2,1-2H3,(H2,22,24,25)(H2,23,26,27,28);4-13H,3H2,1-2H3,(H2,23,25,26,27);2-11H,1H3,(H2,25,27,28,29);1H4. The molecular weight excluding hydrogens is 1530 g/mol. The molecule has 10 N–H and O–H groups in total. The van der Waals surface area contributed by atoms with Crippen LogP contribution in [0.25, 0.3) is 45.6 Å². The van der Waals surface area contributed by atoms with Crippen LogP contribution in [0.3, 0.4) is 0 Å². The van der Waals surface area contributed by atoms with Crippen molar-refractivity contribution in [2.75, 3.05) is 45.0 Å². The molecular formula is C86H83F3N26O5. The molecule has 608 valence electrons. The Labute approximate surface area is 687 Å². The maximum atomic E-state index is 12.3. The van der Waals surface area contributed by atoms with E-state index in [-0.39, 0.29) is 13.3 Å². The highest BCUT2D eigenvalue weighted by molar-refractivity contribution is 5.66. The van der Waals surface area contributed by atoms with Crippen LogP contribution in [0.2, 0.25) is 0 Å². The summed E-state index contributed by atoms with van der Waals surface area (Å²) >= 11 is 0. The van der Waals surface area contributed by atoms with Gasteiger partial charge in [0, 0.05) is 114 Å². The zero-order valence-corrected chi connectivity index (χ0v) is 65.1. The van der Waals surface area contributed by atoms with Crippen molar-refractivity contribution in [2.24, 2.45) is 0 Å². The molecule has 0 aliphatic carbocycles. The first kappa shape index (κ1) is 82.2. The number of ether oxygens (including phenoxy) is 5. The first-order valence-corrected chi connectivity index (χ1v) is 37.6. The van der Waals surface area contributed by atoms with E-state index in [0.717, 1.165) is 82.1 Å². The number of nitrogens with one attached hydrogen (secondary N) is 8. The van der Waals surface area contributed by atoms with E-state index >= 15 is 0 Å². The Balaban J connectivity index is 0.000000138. The summed E-state index contributed by atoms with van der Waals surface area (Å²) in [5, 5.41) is 41.3. The molecule has 1 aliphatic rings. The van der Waals surface area contributed by atoms with Gasteiger partial charge in [-0.2, -0.15) is 39.9 Å². The van der Waals surface area contributed by atoms with Crippen LogP contribution in [0.4, 0.5) is 71.5 Å². The Hall–Kier alpha value is -15.8. The zero-order valence-electron chi connectivity index (χ0n) is 65.1. The molecule has 9 heterocycles. The molecule has 1 fully saturated rings. The number of aromatic nitrogens is 20. The summed E-state index contributed by atoms with van der Waals surface area (Å²) in [5.41, 5.74) is 17.3. The number of anilines is 10. The van der Waals surface area contributed by atoms with Gasteiger partial charge in [0.15, 0.2) is 23.3 Å². The van der Waals surface area contributed by atoms with E-state index in [0.29, 0.717) is 117 Å². The van der Waals surface area contributed by atoms with Gasteiger partial charge in [0.1, 0.15) is 40.5 Å². The van der Waals surface area contributed by atoms with Crippen molar-refractivity contribution < 1.29 is 36.9 Å². The van der Waals surface area contributed by atoms with Crippen LogP contribution in [-0.2, 0) is 12.8 Å². The first-order valence-electron chi connectivity index (χ1n) is 37.6. The van der Waals surface area contributed by atoms with Gasteiger partial charge >= 0.3 is 12.4 Å². The first-order chi connectivity index (χ1) is 57.8. The number of rotatable bonds is 24. The quantitative estimate of drug-likeness (QED) is 0.0271. The maximum absolute atomic E-state index is 12.3. The second-order valence-electron chi connectivity index (χ2n) is 26.7. The Morgan fingerprint density at radius 3 is 1.09 bits per heavy atom. The molecule has 0 saturated carbocycles. The number of benzene rings is 8. The third kappa shape index (κ3) is 23.7. The van der Waals surface area contributed by atoms with Gasteiger partial charge in [-0.15, -0.1) is 33.6 Å². The summed E-state index contributed by atoms with van der Waals surface area (Å²) in [4.78, 5) is 53.2. The smallest absolute Gasteiger partial charge is 0.439 e. The van der Waals surface area contributed by atoms with Crippen LogP contribution >= 0.6 is 0 Å². The van der Waals surface area contributed by atoms with Gasteiger partial charge in [-0.25, -0.2) is 19.9 Å². The number of nitrogens with two attached hydrogens (primary N) is 1. The van der Waals surface area contributed by atoms with Gasteiger partial charge in [-0.05, 0) is 160 Å². The molecule has 0 bridgehead atoms. The Kier molecular flexibility index (Phi) is 26.8. The number of aryl methyl sites for hydroxylation is 6. The molecule has 31 nitrogen and oxygen atoms in total. The predicted octanol–water partition coefficient (Wildman–Crippen LogP) is 19.3. The molecule has 0 radical (unpaired) electrons. The highest BCUT2D eigenvalue weighted by Crippen LogP contribution is 2.33. The summed E-state index contributed by atoms with van der Waals surface area (Å²) in [6, 6.07) is 67.0. The fourth-order valence-electron chi connectivity index (χ4n) is 11.8. The van der Waals surface area contributed by atoms with E-state index in [1.54, 1.807) is 54.9 Å². The third-order valence-corrected chi connectivity index (χ3v) is 17.3. The summed E-state index contributed by atoms with van der Waals surface area (Å²) in [7, 11) is 0. The third-order valence-electron chi connectivity index (χ3n) is 17.3. The number of nitrogen functional groups attached to an aromatic ring is 1. The number of halogens is 3. The predicted molar refractivity (Wildman–Crippen MR) is 452 cm³/mol. The minimum Gasteiger partial charge on any atom is -0.439 e. The van der Waals surface area contributed by atoms with Crippen molar-refractivity contribution in [3.8, 4) is 98.1 Å². The number of alkyl halides is 3. The van der Waals surface area contributed by atoms with Gasteiger partial charge < -0.3 is 55.6 Å². The van der Waals surface area contributed by atoms with E-state index < -0.39 is 12.4 Å². The van der Waals surface area contributed by atoms with Crippen LogP contribution in [0.5, 0.6) is 52.5 Å². The van der Waals surface area contributed by atoms with Crippen LogP contribution in [-0.4, -0.2) is 120 Å². The highest BCUT2D eigenvalue weighted by Gasteiger charge is 2.33. The Morgan fingerprint density at radius 2 is 0.717 bits per heavy atom. The van der Waals surface area contributed by atoms with E-state index in [2.05, 4.69) is 132 Å². The van der Waals surface area contributed by atoms with Crippen molar-refractivity contribution >= 4 is 58.3 Å². The lowest BCUT2D eigenvalue weighted by Gasteiger charge is -2.15. The largest absolute Gasteiger partial charge is 0.575 e. The maximum Gasteiger partial charge on any atom is 0.575 e. The van der Waals surface area contributed by atoms with Gasteiger partial charge in [0.2, 0.25) is 53.3 Å². The topological polar surface area (TPSA) is 393 Å². The van der Waals surface area contributed by atoms with E-state index in [4.69, 9.17) is 24.7 Å². The fraction of sp³-hybridized carbons (Fsp3) is 0.163. The molecule has 0 unspecified atom stereocenters. The summed E-state index contributed by atoms with van der Waals surface area (Å²) in [5.74, 6) is 10.4. The molecule has 0 atom stereocenters. The van der Waals surface area contributed by atoms with Crippen LogP contribution < -0.4 is 55.6 Å². The number of nitrogens with zero attached hydrogens (tertiary/aromatic N) is 17. The minimum atomic E-state index is -4.89. The highest BCUT2D eigenvalue weighted by atomic mass is 19.4. The Bertz CT molecular complexity index is 6070. The molecule has 1 saturated heterocycles. The molecule has 8 aromatic heterocycles. The second kappa shape index (κ2) is 39.0. The van der Waals surface area contributed by atoms with Crippen LogP contribution in [0, 0.1) is 27.7 Å². The monoisotopic (exact) mass is 1620 g/mol. The van der Waals surface area contributed by atoms with Gasteiger partial charge in [0.25, 0.3) is 0 Å². The number of H-pyrrole nitrogens is 4. The number of hydrogen-bond donors (Lipinski definition) is 9. The Morgan fingerprint density at radius 1 is 0.375 bits per heavy atom. The molecule has 8 aromatic carbocycles. The average molecular weight is 1620 g/mol. The van der Waals surface area contributed by atoms with Gasteiger partial charge in [-0.1, -0.05) is 118 Å². The molecule has 16 aromatic rings. The lowest BCUT2D eigenvalue weighted by Crippen LogP contribution is -2.20. The fourth-order valence-corrected chi connectivity index (χ4v) is 11.8. The van der Waals surface area contributed by atoms with Crippen LogP contribution in [0.1, 0.15) is 68.0 Å². The minimum absolute atomic E-state index is 0. The van der Waals surface area contributed by atoms with Crippen molar-refractivity contribution in [1.29, 1.82) is 0 Å². The lowest BCUT2D eigenvalue weighted by atomic mass is 10.2. The normalized spacial score (nSPS) is 11.4. The van der Waals surface area contributed by atoms with Crippen molar-refractivity contribution in [3.63, 3.8) is 0 Å². The van der Waals surface area contributed by atoms with E-state index in [1.165, 1.54) is 30.0 Å². The number of aromatic amines is 4. The summed E-state index contributed by atoms with van der Waals surface area (Å²) in [6.45, 7) is 14.1. The lowest BCUT2D eigenvalue weighted by molar-refractivity contribution is -0.277. The molecule has 17 rings (SSSR count). The van der Waals surface area contributed by atoms with Crippen LogP contribution in [0.15, 0.2) is 237 Å². The van der Waals surface area contributed by atoms with Crippen molar-refractivity contribution in [1.82, 2.24) is 101 Å². The van der Waals surface area contributed by atoms with Crippen molar-refractivity contribution in [3.05, 3.63) is 271 Å². The van der Waals surface area contributed by atoms with Crippen molar-refractivity contribution in [2.45, 2.75) is 81.0 Å².